The van der Waals surface area contributed by atoms with Crippen molar-refractivity contribution in [1.82, 2.24) is 17.6 Å². The lowest BCUT2D eigenvalue weighted by molar-refractivity contribution is 1.26. The van der Waals surface area contributed by atoms with Crippen molar-refractivity contribution < 1.29 is 0 Å². The summed E-state index contributed by atoms with van der Waals surface area (Å²) in [6.07, 6.45) is 0. The first-order valence-corrected chi connectivity index (χ1v) is 49.2. The Bertz CT molecular complexity index is 10200. The van der Waals surface area contributed by atoms with E-state index in [-0.39, 0.29) is 0 Å². The fourth-order valence-corrected chi connectivity index (χ4v) is 25.0. The molecule has 0 saturated heterocycles. The molecule has 0 radical (unpaired) electrons. The molecule has 30 aromatic rings. The van der Waals surface area contributed by atoms with E-state index in [4.69, 9.17) is 0 Å². The van der Waals surface area contributed by atoms with Gasteiger partial charge in [-0.3, -0.25) is 0 Å². The summed E-state index contributed by atoms with van der Waals surface area (Å²) in [5.41, 5.74) is 41.3. The summed E-state index contributed by atoms with van der Waals surface area (Å²) in [7, 11) is 0. The van der Waals surface area contributed by atoms with Crippen molar-refractivity contribution in [2.75, 3.05) is 19.6 Å². The second kappa shape index (κ2) is 30.9. The third-order valence-electron chi connectivity index (χ3n) is 30.6. The van der Waals surface area contributed by atoms with E-state index >= 15 is 0 Å². The monoisotopic (exact) mass is 1810 g/mol. The van der Waals surface area contributed by atoms with Crippen molar-refractivity contribution in [2.45, 2.75) is 13.8 Å². The summed E-state index contributed by atoms with van der Waals surface area (Å²) in [6, 6.07) is 181. The smallest absolute Gasteiger partial charge is 0.0634 e. The SMILES string of the molecule is Cc1ccccc1N(c1ccccc1)c1cccc2c1c1cccc3c4c(-c5ccc(-c6ccc(-c7c8c9cccc%10c%11c(N(c%12ccccc%12)c%12ccccc%12)cccc%11n(c8c(-c8ccccc8)c8c%11cccc%12c%13c(N(c%14ccccc%14)c%14ccccc%14)cccc%13n(c78)c%12%11)c%109)cc6)cc5)c5c(c(-c6ccccc6)c4n2c13)c1cccc2c3c(N(c4ccccc4)c4ccccc4C)cccc3n5c21. The molecule has 8 heteroatoms. The topological polar surface area (TPSA) is 30.6 Å². The van der Waals surface area contributed by atoms with Gasteiger partial charge in [0.05, 0.1) is 88.9 Å². The number of benzene rings is 22. The third-order valence-corrected chi connectivity index (χ3v) is 30.6. The van der Waals surface area contributed by atoms with E-state index in [1.807, 2.05) is 0 Å². The fraction of sp³-hybridized carbons (Fsp3) is 0.0149. The van der Waals surface area contributed by atoms with Gasteiger partial charge in [0.1, 0.15) is 0 Å². The summed E-state index contributed by atoms with van der Waals surface area (Å²) in [5.74, 6) is 0. The molecule has 0 aliphatic heterocycles. The van der Waals surface area contributed by atoms with Crippen molar-refractivity contribution in [2.24, 2.45) is 0 Å². The van der Waals surface area contributed by atoms with Crippen molar-refractivity contribution in [1.29, 1.82) is 0 Å². The molecule has 0 fully saturated rings. The third kappa shape index (κ3) is 11.2. The second-order valence-electron chi connectivity index (χ2n) is 38.0. The highest BCUT2D eigenvalue weighted by Gasteiger charge is 2.37. The number of nitrogens with zero attached hydrogens (tertiary/aromatic N) is 8. The maximum Gasteiger partial charge on any atom is 0.0634 e. The zero-order valence-corrected chi connectivity index (χ0v) is 77.8. The first-order chi connectivity index (χ1) is 70.5. The minimum absolute atomic E-state index is 1.09. The highest BCUT2D eigenvalue weighted by Crippen LogP contribution is 2.61. The van der Waals surface area contributed by atoms with Crippen LogP contribution in [0.5, 0.6) is 0 Å². The van der Waals surface area contributed by atoms with Crippen LogP contribution in [0.3, 0.4) is 0 Å². The molecule has 8 aromatic heterocycles. The summed E-state index contributed by atoms with van der Waals surface area (Å²) in [4.78, 5) is 9.85. The summed E-state index contributed by atoms with van der Waals surface area (Å²) >= 11 is 0. The van der Waals surface area contributed by atoms with Gasteiger partial charge in [0.15, 0.2) is 0 Å². The van der Waals surface area contributed by atoms with Gasteiger partial charge in [0, 0.05) is 154 Å². The molecule has 0 spiro atoms. The number of fused-ring (bicyclic) bond motifs is 24. The predicted molar refractivity (Wildman–Crippen MR) is 600 cm³/mol. The number of rotatable bonds is 17. The van der Waals surface area contributed by atoms with Crippen LogP contribution in [-0.2, 0) is 0 Å². The van der Waals surface area contributed by atoms with E-state index in [0.29, 0.717) is 0 Å². The van der Waals surface area contributed by atoms with Gasteiger partial charge in [-0.2, -0.15) is 0 Å². The number of anilines is 12. The molecule has 30 rings (SSSR count). The Hall–Kier alpha value is -18.8. The average molecular weight is 1810 g/mol. The molecule has 0 unspecified atom stereocenters. The van der Waals surface area contributed by atoms with Crippen LogP contribution in [0.4, 0.5) is 68.2 Å². The van der Waals surface area contributed by atoms with Gasteiger partial charge in [-0.15, -0.1) is 0 Å². The minimum Gasteiger partial charge on any atom is -0.310 e. The molecule has 0 bridgehead atoms. The Morgan fingerprint density at radius 2 is 0.317 bits per heavy atom. The fourth-order valence-electron chi connectivity index (χ4n) is 25.0. The first kappa shape index (κ1) is 79.5. The van der Waals surface area contributed by atoms with Gasteiger partial charge in [0.25, 0.3) is 0 Å². The molecule has 0 aliphatic rings. The Labute approximate surface area is 818 Å². The molecule has 8 nitrogen and oxygen atoms in total. The summed E-state index contributed by atoms with van der Waals surface area (Å²) in [5, 5.41) is 19.2. The van der Waals surface area contributed by atoms with E-state index in [9.17, 15) is 0 Å². The van der Waals surface area contributed by atoms with Crippen LogP contribution in [0.1, 0.15) is 11.1 Å². The standard InChI is InChI=1S/C134H86N8/c1-83-39-27-29-65-105(83)137(95-53-23-9-24-54-95)109-69-37-73-113-121(109)100-60-34-64-104-126-118(134-124(116(88-43-13-4-14-44-88)132(126)141(113)130(100)104)102-62-33-59-99-122-110(70-38-74-114(122)142(134)129(99)102)138(96-55-25-10-26-56-96)106-66-30-28-40-84(106)2)90-81-77-86(78-82-90)85-75-79-89(80-76-85)117-125-103-63-32-58-98-119-107(135(91-45-15-5-16-46-91)92-47-17-6-18-48-92)67-35-71-111(119)139(128(98)103)131(125)115(87-41-11-3-12-42-87)123-101-61-31-57-97-120-108(68-36-72-112(120)140(127(97)101)133(117)123)136(93-49-19-7-20-50-93)94-51-21-8-22-52-94/h3-82H,1-2H3. The summed E-state index contributed by atoms with van der Waals surface area (Å²) < 4.78 is 10.7. The molecule has 8 heterocycles. The Balaban J connectivity index is 0.683. The lowest BCUT2D eigenvalue weighted by Crippen LogP contribution is -2.11. The quantitative estimate of drug-likeness (QED) is 0.0909. The molecular weight excluding hydrogens is 1720 g/mol. The van der Waals surface area contributed by atoms with Crippen molar-refractivity contribution in [3.63, 3.8) is 0 Å². The molecule has 0 aliphatic carbocycles. The largest absolute Gasteiger partial charge is 0.310 e. The van der Waals surface area contributed by atoms with Crippen molar-refractivity contribution in [3.05, 3.63) is 496 Å². The zero-order valence-electron chi connectivity index (χ0n) is 77.8. The highest BCUT2D eigenvalue weighted by molar-refractivity contribution is 6.42. The molecule has 0 N–H and O–H groups in total. The van der Waals surface area contributed by atoms with E-state index < -0.39 is 0 Å². The maximum atomic E-state index is 2.67. The van der Waals surface area contributed by atoms with E-state index in [1.54, 1.807) is 0 Å². The summed E-state index contributed by atoms with van der Waals surface area (Å²) in [6.45, 7) is 4.47. The lowest BCUT2D eigenvalue weighted by Gasteiger charge is -2.28. The van der Waals surface area contributed by atoms with Crippen molar-refractivity contribution >= 4 is 221 Å². The molecule has 0 amide bonds. The van der Waals surface area contributed by atoms with Gasteiger partial charge in [-0.25, -0.2) is 0 Å². The van der Waals surface area contributed by atoms with Gasteiger partial charge in [-0.05, 0) is 192 Å². The Morgan fingerprint density at radius 3 is 0.563 bits per heavy atom. The molecular formula is C134H86N8. The van der Waals surface area contributed by atoms with Gasteiger partial charge in [-0.1, -0.05) is 352 Å². The maximum absolute atomic E-state index is 2.67. The number of hydrogen-bond donors (Lipinski definition) is 0. The van der Waals surface area contributed by atoms with Crippen LogP contribution < -0.4 is 19.6 Å². The molecule has 662 valence electrons. The predicted octanol–water partition coefficient (Wildman–Crippen LogP) is 37.1. The highest BCUT2D eigenvalue weighted by atomic mass is 15.2. The van der Waals surface area contributed by atoms with Crippen LogP contribution in [0.15, 0.2) is 485 Å². The number of aromatic nitrogens is 4. The molecule has 142 heavy (non-hydrogen) atoms. The number of para-hydroxylation sites is 12. The normalized spacial score (nSPS) is 12.2. The second-order valence-corrected chi connectivity index (χ2v) is 38.0. The molecule has 0 atom stereocenters. The molecule has 22 aromatic carbocycles. The first-order valence-electron chi connectivity index (χ1n) is 49.2. The van der Waals surface area contributed by atoms with Crippen LogP contribution in [-0.4, -0.2) is 17.6 Å². The average Bonchev–Trinajstić information content (AvgIpc) is 1.45. The Kier molecular flexibility index (Phi) is 17.3. The number of aryl methyl sites for hydroxylation is 2. The molecule has 0 saturated carbocycles. The number of hydrogen-bond acceptors (Lipinski definition) is 4. The van der Waals surface area contributed by atoms with Crippen LogP contribution >= 0.6 is 0 Å². The minimum atomic E-state index is 1.09. The van der Waals surface area contributed by atoms with Crippen LogP contribution in [0.2, 0.25) is 0 Å². The van der Waals surface area contributed by atoms with Crippen LogP contribution in [0.25, 0.3) is 208 Å². The van der Waals surface area contributed by atoms with Gasteiger partial charge >= 0.3 is 0 Å². The lowest BCUT2D eigenvalue weighted by atomic mass is 9.88. The Morgan fingerprint density at radius 1 is 0.134 bits per heavy atom. The van der Waals surface area contributed by atoms with Crippen molar-refractivity contribution in [3.8, 4) is 55.6 Å². The van der Waals surface area contributed by atoms with E-state index in [0.717, 1.165) is 124 Å². The van der Waals surface area contributed by atoms with E-state index in [2.05, 4.69) is 536 Å². The zero-order chi connectivity index (χ0) is 93.2. The van der Waals surface area contributed by atoms with E-state index in [1.165, 1.54) is 164 Å². The van der Waals surface area contributed by atoms with Gasteiger partial charge < -0.3 is 37.2 Å². The van der Waals surface area contributed by atoms with Crippen LogP contribution in [0, 0.1) is 13.8 Å². The van der Waals surface area contributed by atoms with Gasteiger partial charge in [0.2, 0.25) is 0 Å².